The van der Waals surface area contributed by atoms with Gasteiger partial charge in [0.1, 0.15) is 6.61 Å². The van der Waals surface area contributed by atoms with E-state index in [4.69, 9.17) is 18.6 Å². The van der Waals surface area contributed by atoms with Gasteiger partial charge in [-0.25, -0.2) is 9.59 Å². The minimum Gasteiger partial charge on any atom is -0.452 e. The lowest BCUT2D eigenvalue weighted by atomic mass is 10.2. The topological polar surface area (TPSA) is 105 Å². The Balaban J connectivity index is 2.13. The quantitative estimate of drug-likeness (QED) is 0.800. The standard InChI is InChI=1S/C14H17N3O6/c1-9-8-10(17-14(19)23-13(16-17)21-3)4-5-11(9)15-12(18)22-7-6-20-2/h4-5,8H,6-7H2,1-3H3,(H,15,18). The molecular weight excluding hydrogens is 306 g/mol. The van der Waals surface area contributed by atoms with Crippen LogP contribution >= 0.6 is 0 Å². The zero-order valence-electron chi connectivity index (χ0n) is 13.0. The molecule has 1 heterocycles. The van der Waals surface area contributed by atoms with Gasteiger partial charge in [-0.2, -0.15) is 4.68 Å². The van der Waals surface area contributed by atoms with E-state index < -0.39 is 11.8 Å². The molecule has 124 valence electrons. The van der Waals surface area contributed by atoms with Crippen LogP contribution in [0.2, 0.25) is 0 Å². The summed E-state index contributed by atoms with van der Waals surface area (Å²) in [5.74, 6) is -0.666. The number of carbonyl (C=O) groups excluding carboxylic acids is 1. The number of nitrogens with one attached hydrogen (secondary N) is 1. The third-order valence-corrected chi connectivity index (χ3v) is 2.92. The highest BCUT2D eigenvalue weighted by Crippen LogP contribution is 2.19. The van der Waals surface area contributed by atoms with E-state index in [1.807, 2.05) is 0 Å². The second kappa shape index (κ2) is 7.45. The molecule has 0 atom stereocenters. The summed E-state index contributed by atoms with van der Waals surface area (Å²) in [6, 6.07) is 4.92. The molecule has 0 aliphatic rings. The molecule has 2 aromatic rings. The van der Waals surface area contributed by atoms with Crippen LogP contribution in [0, 0.1) is 6.92 Å². The fourth-order valence-electron chi connectivity index (χ4n) is 1.79. The Hall–Kier alpha value is -2.81. The number of benzene rings is 1. The molecular formula is C14H17N3O6. The van der Waals surface area contributed by atoms with Crippen LogP contribution in [0.15, 0.2) is 27.4 Å². The Labute approximate surface area is 131 Å². The first kappa shape index (κ1) is 16.6. The molecule has 23 heavy (non-hydrogen) atoms. The Morgan fingerprint density at radius 3 is 2.74 bits per heavy atom. The molecule has 0 spiro atoms. The van der Waals surface area contributed by atoms with Crippen molar-refractivity contribution in [2.45, 2.75) is 6.92 Å². The van der Waals surface area contributed by atoms with Crippen molar-refractivity contribution < 1.29 is 23.4 Å². The number of methoxy groups -OCH3 is 2. The maximum Gasteiger partial charge on any atom is 0.444 e. The van der Waals surface area contributed by atoms with Gasteiger partial charge in [0, 0.05) is 12.8 Å². The lowest BCUT2D eigenvalue weighted by Crippen LogP contribution is -2.17. The average Bonchev–Trinajstić information content (AvgIpc) is 2.91. The summed E-state index contributed by atoms with van der Waals surface area (Å²) < 4.78 is 20.3. The number of hydrogen-bond donors (Lipinski definition) is 1. The SMILES string of the molecule is COCCOC(=O)Nc1ccc(-n2nc(OC)oc2=O)cc1C. The van der Waals surface area contributed by atoms with Crippen LogP contribution in [0.25, 0.3) is 5.69 Å². The van der Waals surface area contributed by atoms with Gasteiger partial charge in [-0.1, -0.05) is 5.10 Å². The zero-order valence-corrected chi connectivity index (χ0v) is 13.0. The summed E-state index contributed by atoms with van der Waals surface area (Å²) in [5, 5.41) is 6.48. The van der Waals surface area contributed by atoms with Gasteiger partial charge >= 0.3 is 17.9 Å². The van der Waals surface area contributed by atoms with Crippen molar-refractivity contribution in [3.8, 4) is 11.8 Å². The summed E-state index contributed by atoms with van der Waals surface area (Å²) in [4.78, 5) is 23.3. The fourth-order valence-corrected chi connectivity index (χ4v) is 1.79. The molecule has 0 bridgehead atoms. The van der Waals surface area contributed by atoms with Gasteiger partial charge in [-0.3, -0.25) is 5.32 Å². The first-order valence-corrected chi connectivity index (χ1v) is 6.73. The van der Waals surface area contributed by atoms with Gasteiger partial charge in [-0.15, -0.1) is 0 Å². The number of rotatable bonds is 6. The van der Waals surface area contributed by atoms with Crippen LogP contribution in [-0.2, 0) is 9.47 Å². The van der Waals surface area contributed by atoms with E-state index in [2.05, 4.69) is 10.4 Å². The van der Waals surface area contributed by atoms with Crippen LogP contribution < -0.4 is 15.8 Å². The van der Waals surface area contributed by atoms with E-state index in [-0.39, 0.29) is 12.7 Å². The number of aryl methyl sites for hydroxylation is 1. The van der Waals surface area contributed by atoms with Gasteiger partial charge < -0.3 is 18.6 Å². The smallest absolute Gasteiger partial charge is 0.444 e. The van der Waals surface area contributed by atoms with Crippen molar-refractivity contribution in [2.75, 3.05) is 32.8 Å². The summed E-state index contributed by atoms with van der Waals surface area (Å²) in [6.45, 7) is 2.26. The lowest BCUT2D eigenvalue weighted by molar-refractivity contribution is 0.107. The van der Waals surface area contributed by atoms with E-state index in [1.165, 1.54) is 14.2 Å². The highest BCUT2D eigenvalue weighted by Gasteiger charge is 2.12. The van der Waals surface area contributed by atoms with E-state index in [1.54, 1.807) is 25.1 Å². The summed E-state index contributed by atoms with van der Waals surface area (Å²) >= 11 is 0. The number of ether oxygens (including phenoxy) is 3. The van der Waals surface area contributed by atoms with Crippen molar-refractivity contribution in [2.24, 2.45) is 0 Å². The Kier molecular flexibility index (Phi) is 5.36. The number of nitrogens with zero attached hydrogens (tertiary/aromatic N) is 2. The second-order valence-corrected chi connectivity index (χ2v) is 4.50. The van der Waals surface area contributed by atoms with Crippen LogP contribution in [-0.4, -0.2) is 43.3 Å². The van der Waals surface area contributed by atoms with Gasteiger partial charge in [0.15, 0.2) is 0 Å². The summed E-state index contributed by atoms with van der Waals surface area (Å²) in [7, 11) is 2.87. The molecule has 9 nitrogen and oxygen atoms in total. The summed E-state index contributed by atoms with van der Waals surface area (Å²) in [5.41, 5.74) is 1.76. The molecule has 0 aliphatic heterocycles. The van der Waals surface area contributed by atoms with Gasteiger partial charge in [0.25, 0.3) is 0 Å². The maximum absolute atomic E-state index is 11.7. The molecule has 0 aliphatic carbocycles. The number of anilines is 1. The van der Waals surface area contributed by atoms with Gasteiger partial charge in [-0.05, 0) is 30.7 Å². The number of aromatic nitrogens is 2. The molecule has 9 heteroatoms. The van der Waals surface area contributed by atoms with Crippen LogP contribution in [0.1, 0.15) is 5.56 Å². The average molecular weight is 323 g/mol. The number of amides is 1. The van der Waals surface area contributed by atoms with E-state index in [9.17, 15) is 9.59 Å². The molecule has 0 unspecified atom stereocenters. The molecule has 0 radical (unpaired) electrons. The molecule has 0 saturated heterocycles. The first-order valence-electron chi connectivity index (χ1n) is 6.73. The largest absolute Gasteiger partial charge is 0.452 e. The van der Waals surface area contributed by atoms with E-state index >= 15 is 0 Å². The van der Waals surface area contributed by atoms with Gasteiger partial charge in [0.05, 0.1) is 19.4 Å². The normalized spacial score (nSPS) is 10.4. The van der Waals surface area contributed by atoms with E-state index in [0.717, 1.165) is 10.2 Å². The fraction of sp³-hybridized carbons (Fsp3) is 0.357. The Bertz CT molecular complexity index is 736. The van der Waals surface area contributed by atoms with Crippen molar-refractivity contribution in [1.82, 2.24) is 9.78 Å². The molecule has 1 amide bonds. The van der Waals surface area contributed by atoms with E-state index in [0.29, 0.717) is 18.0 Å². The van der Waals surface area contributed by atoms with Crippen molar-refractivity contribution in [3.63, 3.8) is 0 Å². The third-order valence-electron chi connectivity index (χ3n) is 2.92. The number of carbonyl (C=O) groups is 1. The number of hydrogen-bond acceptors (Lipinski definition) is 7. The lowest BCUT2D eigenvalue weighted by Gasteiger charge is -2.10. The second-order valence-electron chi connectivity index (χ2n) is 4.50. The predicted octanol–water partition coefficient (Wildman–Crippen LogP) is 1.34. The highest BCUT2D eigenvalue weighted by molar-refractivity contribution is 5.85. The molecule has 0 saturated carbocycles. The Morgan fingerprint density at radius 2 is 2.13 bits per heavy atom. The maximum atomic E-state index is 11.7. The zero-order chi connectivity index (χ0) is 16.8. The molecule has 0 fully saturated rings. The highest BCUT2D eigenvalue weighted by atomic mass is 16.6. The van der Waals surface area contributed by atoms with Crippen molar-refractivity contribution in [1.29, 1.82) is 0 Å². The van der Waals surface area contributed by atoms with Gasteiger partial charge in [0.2, 0.25) is 0 Å². The van der Waals surface area contributed by atoms with Crippen LogP contribution in [0.3, 0.4) is 0 Å². The molecule has 2 rings (SSSR count). The van der Waals surface area contributed by atoms with Crippen molar-refractivity contribution >= 4 is 11.8 Å². The van der Waals surface area contributed by atoms with Crippen LogP contribution in [0.5, 0.6) is 6.08 Å². The minimum absolute atomic E-state index is 0.128. The minimum atomic E-state index is -0.666. The third kappa shape index (κ3) is 4.10. The van der Waals surface area contributed by atoms with Crippen molar-refractivity contribution in [3.05, 3.63) is 34.3 Å². The van der Waals surface area contributed by atoms with Crippen LogP contribution in [0.4, 0.5) is 10.5 Å². The first-order chi connectivity index (χ1) is 11.0. The monoisotopic (exact) mass is 323 g/mol. The Morgan fingerprint density at radius 1 is 1.35 bits per heavy atom. The molecule has 1 aromatic heterocycles. The molecule has 1 aromatic carbocycles. The summed E-state index contributed by atoms with van der Waals surface area (Å²) in [6.07, 6.45) is -0.713. The predicted molar refractivity (Wildman–Crippen MR) is 80.2 cm³/mol. The molecule has 1 N–H and O–H groups in total.